The van der Waals surface area contributed by atoms with Crippen LogP contribution in [0.15, 0.2) is 0 Å². The number of phenols is 1. The fourth-order valence-corrected chi connectivity index (χ4v) is 6.59. The van der Waals surface area contributed by atoms with Gasteiger partial charge in [-0.1, -0.05) is 0 Å². The van der Waals surface area contributed by atoms with Gasteiger partial charge < -0.3 is 0 Å². The van der Waals surface area contributed by atoms with Crippen LogP contribution in [0.4, 0.5) is 0 Å². The van der Waals surface area contributed by atoms with Gasteiger partial charge in [0.05, 0.1) is 0 Å². The Bertz CT molecular complexity index is 396. The summed E-state index contributed by atoms with van der Waals surface area (Å²) in [5.41, 5.74) is 4.97. The Morgan fingerprint density at radius 1 is 1.00 bits per heavy atom. The van der Waals surface area contributed by atoms with Gasteiger partial charge in [0.2, 0.25) is 0 Å². The summed E-state index contributed by atoms with van der Waals surface area (Å²) in [4.78, 5) is 0. The standard InChI is InChI=1S/C12H16OTe/c1-6-7(2)11-9(8(3)10(6)13)12(4,5)14-11/h13H,1-5H3. The molecule has 1 heterocycles. The Morgan fingerprint density at radius 3 is 2.07 bits per heavy atom. The molecule has 1 aliphatic heterocycles. The molecule has 2 heteroatoms. The molecule has 0 aliphatic carbocycles. The summed E-state index contributed by atoms with van der Waals surface area (Å²) in [7, 11) is 0. The first-order valence-corrected chi connectivity index (χ1v) is 7.21. The van der Waals surface area contributed by atoms with E-state index in [2.05, 4.69) is 27.7 Å². The molecule has 0 bridgehead atoms. The average Bonchev–Trinajstić information content (AvgIpc) is 2.09. The SMILES string of the molecule is Cc1c(C)c2c(c(C)c1O)C(C)(C)[Te]2. The molecular formula is C12H16OTe. The van der Waals surface area contributed by atoms with Gasteiger partial charge in [0.25, 0.3) is 0 Å². The number of fused-ring (bicyclic) bond motifs is 1. The van der Waals surface area contributed by atoms with Crippen molar-refractivity contribution in [1.29, 1.82) is 0 Å². The van der Waals surface area contributed by atoms with Gasteiger partial charge in [-0.3, -0.25) is 0 Å². The van der Waals surface area contributed by atoms with Crippen LogP contribution < -0.4 is 3.61 Å². The number of rotatable bonds is 0. The third kappa shape index (κ3) is 1.14. The van der Waals surface area contributed by atoms with E-state index in [1.807, 2.05) is 6.92 Å². The number of phenolic OH excluding ortho intramolecular Hbond substituents is 1. The van der Waals surface area contributed by atoms with Crippen LogP contribution >= 0.6 is 0 Å². The molecule has 0 aromatic heterocycles. The first-order chi connectivity index (χ1) is 6.36. The van der Waals surface area contributed by atoms with Crippen molar-refractivity contribution in [3.63, 3.8) is 0 Å². The molecule has 14 heavy (non-hydrogen) atoms. The molecule has 2 rings (SSSR count). The Labute approximate surface area is 95.6 Å². The zero-order valence-corrected chi connectivity index (χ0v) is 11.7. The van der Waals surface area contributed by atoms with Gasteiger partial charge in [-0.25, -0.2) is 0 Å². The van der Waals surface area contributed by atoms with E-state index in [0.717, 1.165) is 11.1 Å². The Balaban J connectivity index is 2.77. The Hall–Kier alpha value is -0.190. The second kappa shape index (κ2) is 2.90. The van der Waals surface area contributed by atoms with Gasteiger partial charge >= 0.3 is 95.7 Å². The van der Waals surface area contributed by atoms with Crippen LogP contribution in [0.5, 0.6) is 5.75 Å². The minimum atomic E-state index is -0.0365. The van der Waals surface area contributed by atoms with Crippen LogP contribution in [0.2, 0.25) is 0 Å². The van der Waals surface area contributed by atoms with Gasteiger partial charge in [0, 0.05) is 0 Å². The fourth-order valence-electron chi connectivity index (χ4n) is 2.22. The topological polar surface area (TPSA) is 20.2 Å². The molecule has 1 nitrogen and oxygen atoms in total. The fraction of sp³-hybridized carbons (Fsp3) is 0.500. The zero-order chi connectivity index (χ0) is 10.7. The molecule has 0 fully saturated rings. The molecule has 0 unspecified atom stereocenters. The quantitative estimate of drug-likeness (QED) is 0.726. The first-order valence-electron chi connectivity index (χ1n) is 4.88. The predicted octanol–water partition coefficient (Wildman–Crippen LogP) is 1.90. The molecule has 0 saturated carbocycles. The van der Waals surface area contributed by atoms with Crippen molar-refractivity contribution in [2.24, 2.45) is 0 Å². The van der Waals surface area contributed by atoms with Crippen molar-refractivity contribution >= 4 is 24.5 Å². The molecule has 76 valence electrons. The molecule has 1 N–H and O–H groups in total. The predicted molar refractivity (Wildman–Crippen MR) is 60.7 cm³/mol. The van der Waals surface area contributed by atoms with Crippen molar-refractivity contribution in [2.45, 2.75) is 38.1 Å². The van der Waals surface area contributed by atoms with Crippen LogP contribution in [-0.2, 0) is 3.46 Å². The summed E-state index contributed by atoms with van der Waals surface area (Å²) in [5, 5.41) is 9.97. The molecule has 0 radical (unpaired) electrons. The number of benzene rings is 1. The van der Waals surface area contributed by atoms with E-state index in [0.29, 0.717) is 9.21 Å². The molecule has 0 amide bonds. The summed E-state index contributed by atoms with van der Waals surface area (Å²) in [6.45, 7) is 10.8. The summed E-state index contributed by atoms with van der Waals surface area (Å²) in [6, 6.07) is 0. The average molecular weight is 304 g/mol. The second-order valence-electron chi connectivity index (χ2n) is 4.54. The zero-order valence-electron chi connectivity index (χ0n) is 9.36. The van der Waals surface area contributed by atoms with Crippen LogP contribution in [-0.4, -0.2) is 26.0 Å². The Morgan fingerprint density at radius 2 is 1.57 bits per heavy atom. The van der Waals surface area contributed by atoms with E-state index in [1.165, 1.54) is 11.1 Å². The van der Waals surface area contributed by atoms with E-state index in [4.69, 9.17) is 0 Å². The summed E-state index contributed by atoms with van der Waals surface area (Å²) >= 11 is -0.0365. The molecule has 0 atom stereocenters. The van der Waals surface area contributed by atoms with E-state index in [-0.39, 0.29) is 20.9 Å². The van der Waals surface area contributed by atoms with Crippen LogP contribution in [0.25, 0.3) is 0 Å². The summed E-state index contributed by atoms with van der Waals surface area (Å²) < 4.78 is 1.98. The molecule has 1 aliphatic rings. The monoisotopic (exact) mass is 306 g/mol. The third-order valence-corrected chi connectivity index (χ3v) is 7.25. The number of hydrogen-bond acceptors (Lipinski definition) is 1. The maximum absolute atomic E-state index is 9.97. The van der Waals surface area contributed by atoms with Gasteiger partial charge in [-0.15, -0.1) is 0 Å². The number of hydrogen-bond donors (Lipinski definition) is 1. The van der Waals surface area contributed by atoms with Gasteiger partial charge in [-0.2, -0.15) is 0 Å². The second-order valence-corrected chi connectivity index (χ2v) is 9.20. The summed E-state index contributed by atoms with van der Waals surface area (Å²) in [6.07, 6.45) is 0. The van der Waals surface area contributed by atoms with Gasteiger partial charge in [-0.05, 0) is 0 Å². The van der Waals surface area contributed by atoms with Crippen molar-refractivity contribution in [3.8, 4) is 5.75 Å². The van der Waals surface area contributed by atoms with E-state index in [1.54, 1.807) is 3.61 Å². The van der Waals surface area contributed by atoms with E-state index in [9.17, 15) is 5.11 Å². The first kappa shape index (κ1) is 10.3. The van der Waals surface area contributed by atoms with Crippen molar-refractivity contribution in [1.82, 2.24) is 0 Å². The molecule has 0 spiro atoms. The summed E-state index contributed by atoms with van der Waals surface area (Å²) in [5.74, 6) is 0.515. The van der Waals surface area contributed by atoms with E-state index >= 15 is 0 Å². The van der Waals surface area contributed by atoms with Crippen LogP contribution in [0.1, 0.15) is 36.1 Å². The van der Waals surface area contributed by atoms with Crippen molar-refractivity contribution in [3.05, 3.63) is 22.3 Å². The Kier molecular flexibility index (Phi) is 2.14. The van der Waals surface area contributed by atoms with Crippen LogP contribution in [0.3, 0.4) is 0 Å². The minimum absolute atomic E-state index is 0.0365. The van der Waals surface area contributed by atoms with Gasteiger partial charge in [0.15, 0.2) is 0 Å². The third-order valence-electron chi connectivity index (χ3n) is 3.17. The molecular weight excluding hydrogens is 288 g/mol. The molecule has 0 saturated heterocycles. The van der Waals surface area contributed by atoms with E-state index < -0.39 is 0 Å². The van der Waals surface area contributed by atoms with Gasteiger partial charge in [0.1, 0.15) is 0 Å². The molecule has 1 aromatic rings. The normalized spacial score (nSPS) is 17.5. The molecule has 1 aromatic carbocycles. The maximum atomic E-state index is 9.97. The van der Waals surface area contributed by atoms with Crippen molar-refractivity contribution in [2.75, 3.05) is 0 Å². The number of aromatic hydroxyl groups is 1. The van der Waals surface area contributed by atoms with Crippen molar-refractivity contribution < 1.29 is 5.11 Å². The van der Waals surface area contributed by atoms with Crippen LogP contribution in [0, 0.1) is 20.8 Å².